The average molecular weight is 381 g/mol. The zero-order valence-corrected chi connectivity index (χ0v) is 16.0. The first-order valence-corrected chi connectivity index (χ1v) is 9.87. The molecule has 2 heterocycles. The van der Waals surface area contributed by atoms with Gasteiger partial charge in [-0.1, -0.05) is 6.42 Å². The fourth-order valence-corrected chi connectivity index (χ4v) is 4.18. The Labute approximate surface area is 164 Å². The van der Waals surface area contributed by atoms with Crippen LogP contribution in [0.1, 0.15) is 53.3 Å². The molecule has 1 atom stereocenters. The van der Waals surface area contributed by atoms with E-state index < -0.39 is 0 Å². The van der Waals surface area contributed by atoms with Crippen LogP contribution in [0.3, 0.4) is 0 Å². The van der Waals surface area contributed by atoms with Crippen LogP contribution in [-0.2, 0) is 0 Å². The van der Waals surface area contributed by atoms with Gasteiger partial charge in [0.2, 0.25) is 0 Å². The third-order valence-electron chi connectivity index (χ3n) is 5.58. The molecule has 146 valence electrons. The van der Waals surface area contributed by atoms with Crippen molar-refractivity contribution >= 4 is 23.2 Å². The van der Waals surface area contributed by atoms with Crippen LogP contribution in [-0.4, -0.2) is 36.0 Å². The largest absolute Gasteiger partial charge is 0.351 e. The van der Waals surface area contributed by atoms with Crippen LogP contribution in [0.4, 0.5) is 15.8 Å². The Kier molecular flexibility index (Phi) is 5.03. The van der Waals surface area contributed by atoms with Gasteiger partial charge in [-0.3, -0.25) is 9.59 Å². The molecule has 4 rings (SSSR count). The summed E-state index contributed by atoms with van der Waals surface area (Å²) in [5.41, 5.74) is 2.49. The molecule has 2 aliphatic heterocycles. The molecule has 2 aliphatic rings. The third kappa shape index (κ3) is 3.35. The van der Waals surface area contributed by atoms with Gasteiger partial charge in [0.05, 0.1) is 11.3 Å². The maximum absolute atomic E-state index is 13.1. The Morgan fingerprint density at radius 1 is 1.14 bits per heavy atom. The lowest BCUT2D eigenvalue weighted by atomic mass is 10.0. The number of fused-ring (bicyclic) bond motifs is 2. The normalized spacial score (nSPS) is 18.9. The quantitative estimate of drug-likeness (QED) is 0.864. The molecule has 5 nitrogen and oxygen atoms in total. The van der Waals surface area contributed by atoms with Crippen molar-refractivity contribution in [3.05, 3.63) is 59.4 Å². The number of carbonyl (C=O) groups is 2. The summed E-state index contributed by atoms with van der Waals surface area (Å²) in [4.78, 5) is 29.9. The highest BCUT2D eigenvalue weighted by molar-refractivity contribution is 6.08. The van der Waals surface area contributed by atoms with Crippen molar-refractivity contribution < 1.29 is 14.0 Å². The van der Waals surface area contributed by atoms with E-state index in [1.54, 1.807) is 18.2 Å². The Bertz CT molecular complexity index is 897. The van der Waals surface area contributed by atoms with Crippen molar-refractivity contribution in [3.63, 3.8) is 0 Å². The molecule has 2 amide bonds. The first kappa shape index (κ1) is 18.5. The molecule has 0 saturated carbocycles. The number of hydrogen-bond acceptors (Lipinski definition) is 3. The highest BCUT2D eigenvalue weighted by Crippen LogP contribution is 2.35. The number of halogens is 1. The van der Waals surface area contributed by atoms with Crippen LogP contribution in [0.25, 0.3) is 0 Å². The van der Waals surface area contributed by atoms with Crippen LogP contribution in [0.2, 0.25) is 0 Å². The van der Waals surface area contributed by atoms with Crippen LogP contribution in [0, 0.1) is 5.82 Å². The number of hydrogen-bond donors (Lipinski definition) is 1. The number of carbonyl (C=O) groups excluding carboxylic acids is 2. The minimum absolute atomic E-state index is 0.0529. The van der Waals surface area contributed by atoms with Gasteiger partial charge < -0.3 is 15.1 Å². The van der Waals surface area contributed by atoms with Gasteiger partial charge in [-0.2, -0.15) is 0 Å². The van der Waals surface area contributed by atoms with Gasteiger partial charge in [-0.15, -0.1) is 0 Å². The Morgan fingerprint density at radius 3 is 2.68 bits per heavy atom. The van der Waals surface area contributed by atoms with Gasteiger partial charge in [0.1, 0.15) is 12.0 Å². The standard InChI is InChI=1S/C22H24FN3O2/c1-2-25-19-14-15(21(27)24-17-10-8-16(23)9-11-17)7-12-18(19)22(28)26-13-5-3-4-6-20(25)26/h7-12,14,20H,2-6,13H2,1H3,(H,24,27)/t20-/m0/s1. The summed E-state index contributed by atoms with van der Waals surface area (Å²) in [5, 5.41) is 2.78. The average Bonchev–Trinajstić information content (AvgIpc) is 2.96. The van der Waals surface area contributed by atoms with E-state index in [0.29, 0.717) is 16.8 Å². The second-order valence-corrected chi connectivity index (χ2v) is 7.31. The molecule has 2 aromatic rings. The molecule has 28 heavy (non-hydrogen) atoms. The molecule has 0 bridgehead atoms. The lowest BCUT2D eigenvalue weighted by molar-refractivity contribution is 0.0656. The van der Waals surface area contributed by atoms with E-state index in [9.17, 15) is 14.0 Å². The molecule has 1 fully saturated rings. The van der Waals surface area contributed by atoms with E-state index in [2.05, 4.69) is 17.1 Å². The monoisotopic (exact) mass is 381 g/mol. The van der Waals surface area contributed by atoms with Crippen molar-refractivity contribution in [1.82, 2.24) is 4.90 Å². The molecular weight excluding hydrogens is 357 g/mol. The molecule has 0 aromatic heterocycles. The lowest BCUT2D eigenvalue weighted by Crippen LogP contribution is -2.55. The molecule has 0 spiro atoms. The van der Waals surface area contributed by atoms with Gasteiger partial charge in [0, 0.05) is 24.3 Å². The highest BCUT2D eigenvalue weighted by atomic mass is 19.1. The summed E-state index contributed by atoms with van der Waals surface area (Å²) < 4.78 is 13.1. The van der Waals surface area contributed by atoms with Gasteiger partial charge in [-0.25, -0.2) is 4.39 Å². The minimum atomic E-state index is -0.350. The van der Waals surface area contributed by atoms with E-state index in [4.69, 9.17) is 0 Å². The second kappa shape index (κ2) is 7.62. The number of nitrogens with zero attached hydrogens (tertiary/aromatic N) is 2. The zero-order chi connectivity index (χ0) is 19.7. The fraction of sp³-hybridized carbons (Fsp3) is 0.364. The van der Waals surface area contributed by atoms with E-state index in [0.717, 1.165) is 44.5 Å². The van der Waals surface area contributed by atoms with E-state index >= 15 is 0 Å². The summed E-state index contributed by atoms with van der Waals surface area (Å²) in [6, 6.07) is 10.9. The van der Waals surface area contributed by atoms with Crippen molar-refractivity contribution in [1.29, 1.82) is 0 Å². The van der Waals surface area contributed by atoms with E-state index in [1.165, 1.54) is 24.3 Å². The molecule has 1 N–H and O–H groups in total. The van der Waals surface area contributed by atoms with Crippen LogP contribution >= 0.6 is 0 Å². The lowest BCUT2D eigenvalue weighted by Gasteiger charge is -2.44. The fourth-order valence-electron chi connectivity index (χ4n) is 4.18. The molecule has 0 radical (unpaired) electrons. The summed E-state index contributed by atoms with van der Waals surface area (Å²) in [6.07, 6.45) is 4.28. The Hall–Kier alpha value is -2.89. The number of amides is 2. The molecule has 6 heteroatoms. The summed E-state index contributed by atoms with van der Waals surface area (Å²) in [5.74, 6) is -0.574. The SMILES string of the molecule is CCN1c2cc(C(=O)Nc3ccc(F)cc3)ccc2C(=O)N2CCCCC[C@H]21. The van der Waals surface area contributed by atoms with Gasteiger partial charge in [0.15, 0.2) is 0 Å². The van der Waals surface area contributed by atoms with Gasteiger partial charge in [0.25, 0.3) is 11.8 Å². The topological polar surface area (TPSA) is 52.7 Å². The van der Waals surface area contributed by atoms with E-state index in [1.807, 2.05) is 4.90 Å². The third-order valence-corrected chi connectivity index (χ3v) is 5.58. The van der Waals surface area contributed by atoms with Crippen LogP contribution in [0.5, 0.6) is 0 Å². The van der Waals surface area contributed by atoms with Crippen LogP contribution < -0.4 is 10.2 Å². The number of benzene rings is 2. The summed E-state index contributed by atoms with van der Waals surface area (Å²) in [7, 11) is 0. The first-order valence-electron chi connectivity index (χ1n) is 9.87. The molecule has 0 unspecified atom stereocenters. The highest BCUT2D eigenvalue weighted by Gasteiger charge is 2.37. The van der Waals surface area contributed by atoms with Gasteiger partial charge in [-0.05, 0) is 68.7 Å². The Balaban J connectivity index is 1.65. The molecule has 2 aromatic carbocycles. The summed E-state index contributed by atoms with van der Waals surface area (Å²) in [6.45, 7) is 3.63. The minimum Gasteiger partial charge on any atom is -0.351 e. The predicted molar refractivity (Wildman–Crippen MR) is 107 cm³/mol. The molecule has 0 aliphatic carbocycles. The first-order chi connectivity index (χ1) is 13.6. The Morgan fingerprint density at radius 2 is 1.93 bits per heavy atom. The van der Waals surface area contributed by atoms with Crippen molar-refractivity contribution in [2.75, 3.05) is 23.3 Å². The number of anilines is 2. The summed E-state index contributed by atoms with van der Waals surface area (Å²) >= 11 is 0. The smallest absolute Gasteiger partial charge is 0.257 e. The predicted octanol–water partition coefficient (Wildman–Crippen LogP) is 4.26. The van der Waals surface area contributed by atoms with Crippen molar-refractivity contribution in [2.45, 2.75) is 38.8 Å². The number of rotatable bonds is 3. The van der Waals surface area contributed by atoms with Crippen molar-refractivity contribution in [3.8, 4) is 0 Å². The maximum atomic E-state index is 13.1. The molecule has 1 saturated heterocycles. The zero-order valence-electron chi connectivity index (χ0n) is 16.0. The number of nitrogens with one attached hydrogen (secondary N) is 1. The van der Waals surface area contributed by atoms with Crippen LogP contribution in [0.15, 0.2) is 42.5 Å². The van der Waals surface area contributed by atoms with E-state index in [-0.39, 0.29) is 23.8 Å². The maximum Gasteiger partial charge on any atom is 0.257 e. The second-order valence-electron chi connectivity index (χ2n) is 7.31. The van der Waals surface area contributed by atoms with Crippen molar-refractivity contribution in [2.24, 2.45) is 0 Å². The molecular formula is C22H24FN3O2. The van der Waals surface area contributed by atoms with Gasteiger partial charge >= 0.3 is 0 Å².